The molecule has 0 amide bonds. The summed E-state index contributed by atoms with van der Waals surface area (Å²) in [4.78, 5) is 10.7. The summed E-state index contributed by atoms with van der Waals surface area (Å²) in [6.45, 7) is 1.76. The van der Waals surface area contributed by atoms with E-state index < -0.39 is 5.97 Å². The number of ether oxygens (including phenoxy) is 2. The van der Waals surface area contributed by atoms with Crippen molar-refractivity contribution in [2.24, 2.45) is 0 Å². The molecule has 0 bridgehead atoms. The molecule has 14 heavy (non-hydrogen) atoms. The van der Waals surface area contributed by atoms with Crippen LogP contribution in [0.15, 0.2) is 12.1 Å². The van der Waals surface area contributed by atoms with Crippen LogP contribution in [0.4, 0.5) is 0 Å². The van der Waals surface area contributed by atoms with E-state index >= 15 is 0 Å². The number of carbonyl (C=O) groups excluding carboxylic acids is 1. The molecule has 0 saturated heterocycles. The number of aryl methyl sites for hydroxylation is 1. The molecule has 2 rings (SSSR count). The zero-order valence-electron chi connectivity index (χ0n) is 7.99. The molecule has 0 N–H and O–H groups in total. The van der Waals surface area contributed by atoms with Crippen LogP contribution in [0.5, 0.6) is 11.5 Å². The first kappa shape index (κ1) is 11.4. The Morgan fingerprint density at radius 2 is 2.14 bits per heavy atom. The largest absolute Gasteiger partial charge is 1.00 e. The van der Waals surface area contributed by atoms with E-state index in [1.54, 1.807) is 19.1 Å². The van der Waals surface area contributed by atoms with Gasteiger partial charge in [0.2, 0.25) is 6.79 Å². The molecule has 0 aliphatic carbocycles. The molecule has 1 heterocycles. The molecule has 0 unspecified atom stereocenters. The van der Waals surface area contributed by atoms with Crippen LogP contribution in [0, 0.1) is 6.92 Å². The first-order chi connectivity index (χ1) is 6.20. The summed E-state index contributed by atoms with van der Waals surface area (Å²) in [5, 5.41) is 10.7. The predicted molar refractivity (Wildman–Crippen MR) is 41.6 cm³/mol. The van der Waals surface area contributed by atoms with E-state index in [-0.39, 0.29) is 47.7 Å². The molecule has 5 heteroatoms. The second-order valence-electron chi connectivity index (χ2n) is 2.78. The van der Waals surface area contributed by atoms with Crippen molar-refractivity contribution in [2.45, 2.75) is 6.92 Å². The molecule has 0 atom stereocenters. The van der Waals surface area contributed by atoms with Crippen molar-refractivity contribution in [3.8, 4) is 11.5 Å². The Morgan fingerprint density at radius 3 is 2.79 bits per heavy atom. The fourth-order valence-corrected chi connectivity index (χ4v) is 1.32. The van der Waals surface area contributed by atoms with E-state index in [1.807, 2.05) is 0 Å². The Labute approximate surface area is 103 Å². The van der Waals surface area contributed by atoms with Crippen molar-refractivity contribution in [2.75, 3.05) is 6.79 Å². The van der Waals surface area contributed by atoms with Crippen molar-refractivity contribution in [1.29, 1.82) is 0 Å². The van der Waals surface area contributed by atoms with Crippen LogP contribution in [0.3, 0.4) is 0 Å². The third kappa shape index (κ3) is 1.73. The number of rotatable bonds is 1. The Morgan fingerprint density at radius 1 is 1.43 bits per heavy atom. The molecule has 1 aromatic carbocycles. The van der Waals surface area contributed by atoms with Gasteiger partial charge in [-0.25, -0.2) is 0 Å². The SMILES string of the molecule is Cc1ccc2c(c1C(=O)[O-])OCO2.[Na+]. The fourth-order valence-electron chi connectivity index (χ4n) is 1.32. The zero-order valence-corrected chi connectivity index (χ0v) is 9.99. The molecule has 0 fully saturated rings. The van der Waals surface area contributed by atoms with Gasteiger partial charge in [-0.2, -0.15) is 0 Å². The van der Waals surface area contributed by atoms with Gasteiger partial charge in [0.15, 0.2) is 11.5 Å². The standard InChI is InChI=1S/C9H8O4.Na/c1-5-2-3-6-8(13-4-12-6)7(5)9(10)11;/h2-3H,4H2,1H3,(H,10,11);/q;+1/p-1. The van der Waals surface area contributed by atoms with Crippen LogP contribution < -0.4 is 44.1 Å². The minimum atomic E-state index is -1.24. The number of fused-ring (bicyclic) bond motifs is 1. The number of hydrogen-bond acceptors (Lipinski definition) is 4. The smallest absolute Gasteiger partial charge is 0.545 e. The van der Waals surface area contributed by atoms with Crippen LogP contribution in [0.25, 0.3) is 0 Å². The minimum absolute atomic E-state index is 0. The van der Waals surface area contributed by atoms with Gasteiger partial charge < -0.3 is 19.4 Å². The monoisotopic (exact) mass is 202 g/mol. The molecule has 0 spiro atoms. The molecule has 1 aliphatic heterocycles. The van der Waals surface area contributed by atoms with E-state index in [4.69, 9.17) is 9.47 Å². The van der Waals surface area contributed by atoms with Crippen LogP contribution in [0.2, 0.25) is 0 Å². The first-order valence-electron chi connectivity index (χ1n) is 3.80. The van der Waals surface area contributed by atoms with Gasteiger partial charge in [0.25, 0.3) is 0 Å². The van der Waals surface area contributed by atoms with E-state index in [0.717, 1.165) is 0 Å². The summed E-state index contributed by atoms with van der Waals surface area (Å²) >= 11 is 0. The van der Waals surface area contributed by atoms with Crippen LogP contribution in [0.1, 0.15) is 15.9 Å². The number of carbonyl (C=O) groups is 1. The fraction of sp³-hybridized carbons (Fsp3) is 0.222. The number of aromatic carboxylic acids is 1. The second kappa shape index (κ2) is 4.21. The van der Waals surface area contributed by atoms with Gasteiger partial charge in [0, 0.05) is 5.56 Å². The van der Waals surface area contributed by atoms with E-state index in [1.165, 1.54) is 0 Å². The molecule has 1 aliphatic rings. The van der Waals surface area contributed by atoms with Crippen LogP contribution in [-0.4, -0.2) is 12.8 Å². The molecule has 0 saturated carbocycles. The van der Waals surface area contributed by atoms with Gasteiger partial charge in [0.05, 0.1) is 5.97 Å². The van der Waals surface area contributed by atoms with Gasteiger partial charge in [0.1, 0.15) is 0 Å². The maximum atomic E-state index is 10.7. The third-order valence-corrected chi connectivity index (χ3v) is 1.95. The predicted octanol–water partition coefficient (Wildman–Crippen LogP) is -2.91. The molecular weight excluding hydrogens is 195 g/mol. The Bertz CT molecular complexity index is 375. The summed E-state index contributed by atoms with van der Waals surface area (Å²) in [6.07, 6.45) is 0. The topological polar surface area (TPSA) is 58.6 Å². The summed E-state index contributed by atoms with van der Waals surface area (Å²) in [6, 6.07) is 3.35. The van der Waals surface area contributed by atoms with Gasteiger partial charge in [-0.05, 0) is 18.6 Å². The van der Waals surface area contributed by atoms with Gasteiger partial charge in [-0.1, -0.05) is 6.07 Å². The average molecular weight is 202 g/mol. The maximum Gasteiger partial charge on any atom is 1.00 e. The number of carboxylic acids is 1. The zero-order chi connectivity index (χ0) is 9.42. The number of hydrogen-bond donors (Lipinski definition) is 0. The van der Waals surface area contributed by atoms with Crippen molar-refractivity contribution in [1.82, 2.24) is 0 Å². The Balaban J connectivity index is 0.000000980. The molecule has 0 aromatic heterocycles. The van der Waals surface area contributed by atoms with Crippen LogP contribution in [-0.2, 0) is 0 Å². The van der Waals surface area contributed by atoms with E-state index in [2.05, 4.69) is 0 Å². The first-order valence-corrected chi connectivity index (χ1v) is 3.80. The minimum Gasteiger partial charge on any atom is -0.545 e. The van der Waals surface area contributed by atoms with Crippen molar-refractivity contribution < 1.29 is 48.9 Å². The number of carboxylic acid groups (broad SMARTS) is 1. The van der Waals surface area contributed by atoms with Gasteiger partial charge >= 0.3 is 29.6 Å². The summed E-state index contributed by atoms with van der Waals surface area (Å²) < 4.78 is 10.1. The normalized spacial score (nSPS) is 12.1. The van der Waals surface area contributed by atoms with Gasteiger partial charge in [-0.3, -0.25) is 0 Å². The van der Waals surface area contributed by atoms with Crippen molar-refractivity contribution in [3.05, 3.63) is 23.3 Å². The molecule has 4 nitrogen and oxygen atoms in total. The maximum absolute atomic E-state index is 10.7. The molecule has 1 aromatic rings. The molecule has 0 radical (unpaired) electrons. The van der Waals surface area contributed by atoms with E-state index in [0.29, 0.717) is 11.3 Å². The third-order valence-electron chi connectivity index (χ3n) is 1.95. The molecule has 68 valence electrons. The summed E-state index contributed by atoms with van der Waals surface area (Å²) in [5.74, 6) is -0.496. The number of benzene rings is 1. The van der Waals surface area contributed by atoms with E-state index in [9.17, 15) is 9.90 Å². The van der Waals surface area contributed by atoms with Crippen LogP contribution >= 0.6 is 0 Å². The molecular formula is C9H7NaO4. The Kier molecular flexibility index (Phi) is 3.42. The average Bonchev–Trinajstić information content (AvgIpc) is 2.50. The summed E-state index contributed by atoms with van der Waals surface area (Å²) in [7, 11) is 0. The van der Waals surface area contributed by atoms with Crippen molar-refractivity contribution >= 4 is 5.97 Å². The second-order valence-corrected chi connectivity index (χ2v) is 2.78. The van der Waals surface area contributed by atoms with Gasteiger partial charge in [-0.15, -0.1) is 0 Å². The summed E-state index contributed by atoms with van der Waals surface area (Å²) in [5.41, 5.74) is 0.694. The Hall–Kier alpha value is -0.710. The van der Waals surface area contributed by atoms with Crippen molar-refractivity contribution in [3.63, 3.8) is 0 Å². The quantitative estimate of drug-likeness (QED) is 0.458.